The summed E-state index contributed by atoms with van der Waals surface area (Å²) >= 11 is 2.92. The van der Waals surface area contributed by atoms with Crippen LogP contribution in [0.15, 0.2) is 97.1 Å². The number of ether oxygens (including phenoxy) is 2. The second kappa shape index (κ2) is 17.9. The number of hydrogen-bond donors (Lipinski definition) is 2. The molecule has 0 saturated heterocycles. The number of phenols is 2. The van der Waals surface area contributed by atoms with E-state index in [1.165, 1.54) is 36.9 Å². The third-order valence-corrected chi connectivity index (χ3v) is 10.2. The van der Waals surface area contributed by atoms with E-state index >= 15 is 0 Å². The molecule has 0 fully saturated rings. The molecule has 17 heteroatoms. The summed E-state index contributed by atoms with van der Waals surface area (Å²) in [6, 6.07) is 29.2. The van der Waals surface area contributed by atoms with Crippen LogP contribution in [0.4, 0.5) is 0 Å². The van der Waals surface area contributed by atoms with Crippen LogP contribution < -0.4 is 24.8 Å². The number of rotatable bonds is 6. The van der Waals surface area contributed by atoms with Crippen LogP contribution in [-0.2, 0) is 26.0 Å². The fourth-order valence-corrected chi connectivity index (χ4v) is 7.62. The molecule has 0 atom stereocenters. The van der Waals surface area contributed by atoms with Crippen LogP contribution in [0.25, 0.3) is 53.2 Å². The summed E-state index contributed by atoms with van der Waals surface area (Å²) in [6.45, 7) is 3.47. The first-order valence-corrected chi connectivity index (χ1v) is 17.5. The van der Waals surface area contributed by atoms with Crippen molar-refractivity contribution in [2.45, 2.75) is 13.8 Å². The average Bonchev–Trinajstić information content (AvgIpc) is 3.94. The number of carbonyl (C=O) groups is 2. The Morgan fingerprint density at radius 2 is 0.927 bits per heavy atom. The number of halogens is 2. The zero-order valence-electron chi connectivity index (χ0n) is 29.3. The second-order valence-electron chi connectivity index (χ2n) is 11.4. The molecule has 0 unspecified atom stereocenters. The van der Waals surface area contributed by atoms with Gasteiger partial charge in [0.05, 0.1) is 57.4 Å². The number of benzene rings is 4. The molecule has 0 amide bonds. The van der Waals surface area contributed by atoms with Gasteiger partial charge in [0.25, 0.3) is 0 Å². The minimum absolute atomic E-state index is 0. The number of thiazole rings is 2. The van der Waals surface area contributed by atoms with Crippen molar-refractivity contribution < 1.29 is 70.6 Å². The van der Waals surface area contributed by atoms with Crippen molar-refractivity contribution >= 4 is 55.0 Å². The minimum atomic E-state index is -0.506. The van der Waals surface area contributed by atoms with Crippen LogP contribution in [0, 0.1) is 13.8 Å². The minimum Gasteiger partial charge on any atom is -1.00 e. The largest absolute Gasteiger partial charge is 2.00 e. The summed E-state index contributed by atoms with van der Waals surface area (Å²) < 4.78 is 15.1. The molecule has 0 saturated carbocycles. The van der Waals surface area contributed by atoms with Gasteiger partial charge in [0, 0.05) is 11.1 Å². The van der Waals surface area contributed by atoms with Gasteiger partial charge in [0.1, 0.15) is 22.6 Å². The average molecular weight is 860 g/mol. The maximum absolute atomic E-state index is 12.4. The molecule has 12 nitrogen and oxygen atoms in total. The van der Waals surface area contributed by atoms with Crippen LogP contribution in [0.5, 0.6) is 11.5 Å². The van der Waals surface area contributed by atoms with Gasteiger partial charge in [-0.15, -0.1) is 0 Å². The van der Waals surface area contributed by atoms with Crippen molar-refractivity contribution in [2.75, 3.05) is 14.2 Å². The summed E-state index contributed by atoms with van der Waals surface area (Å²) in [5.41, 5.74) is 5.26. The maximum Gasteiger partial charge on any atom is 2.00 e. The Bertz CT molecular complexity index is 2390. The maximum atomic E-state index is 12.4. The van der Waals surface area contributed by atoms with Crippen LogP contribution in [0.2, 0.25) is 0 Å². The summed E-state index contributed by atoms with van der Waals surface area (Å²) in [6.07, 6.45) is 0. The molecule has 4 aromatic heterocycles. The molecule has 284 valence electrons. The van der Waals surface area contributed by atoms with Gasteiger partial charge >= 0.3 is 28.4 Å². The normalized spacial score (nSPS) is 10.4. The summed E-state index contributed by atoms with van der Waals surface area (Å²) in [5, 5.41) is 31.0. The number of aromatic hydroxyl groups is 2. The van der Waals surface area contributed by atoms with Crippen LogP contribution in [0.3, 0.4) is 0 Å². The number of hydrogen-bond acceptors (Lipinski definition) is 12. The predicted octanol–water partition coefficient (Wildman–Crippen LogP) is 1.90. The molecule has 0 bridgehead atoms. The number of phenolic OH excluding ortho intramolecular Hbond substituents is 2. The number of aromatic nitrogens is 6. The first-order valence-electron chi connectivity index (χ1n) is 15.8. The van der Waals surface area contributed by atoms with E-state index in [1.54, 1.807) is 71.7 Å². The van der Waals surface area contributed by atoms with E-state index in [0.717, 1.165) is 20.4 Å². The molecule has 0 aliphatic rings. The summed E-state index contributed by atoms with van der Waals surface area (Å²) in [5.74, 6) is -0.902. The molecule has 4 heterocycles. The molecule has 0 spiro atoms. The number of carbonyl (C=O) groups excluding carboxylic acids is 2. The van der Waals surface area contributed by atoms with Gasteiger partial charge in [-0.1, -0.05) is 71.2 Å². The Balaban J connectivity index is 0.000000232. The van der Waals surface area contributed by atoms with Crippen molar-refractivity contribution in [3.8, 4) is 44.3 Å². The van der Waals surface area contributed by atoms with Gasteiger partial charge in [0.2, 0.25) is 10.3 Å². The molecule has 8 aromatic rings. The second-order valence-corrected chi connectivity index (χ2v) is 13.4. The van der Waals surface area contributed by atoms with E-state index in [0.29, 0.717) is 55.3 Å². The zero-order chi connectivity index (χ0) is 36.5. The fourth-order valence-electron chi connectivity index (χ4n) is 5.77. The van der Waals surface area contributed by atoms with Crippen molar-refractivity contribution in [3.63, 3.8) is 0 Å². The van der Waals surface area contributed by atoms with Crippen molar-refractivity contribution in [1.29, 1.82) is 0 Å². The molecular formula is C38H30Cl2N6NiO6S2. The van der Waals surface area contributed by atoms with E-state index in [9.17, 15) is 19.8 Å². The number of aryl methyl sites for hydroxylation is 2. The molecular weight excluding hydrogens is 830 g/mol. The Hall–Kier alpha value is -5.31. The third-order valence-electron chi connectivity index (χ3n) is 8.15. The summed E-state index contributed by atoms with van der Waals surface area (Å²) in [7, 11) is 2.65. The number of para-hydroxylation sites is 4. The van der Waals surface area contributed by atoms with E-state index in [2.05, 4.69) is 20.2 Å². The number of nitrogens with zero attached hydrogens (tertiary/aromatic N) is 6. The van der Waals surface area contributed by atoms with Gasteiger partial charge in [0.15, 0.2) is 0 Å². The Morgan fingerprint density at radius 1 is 0.582 bits per heavy atom. The molecule has 4 aromatic carbocycles. The van der Waals surface area contributed by atoms with Gasteiger partial charge in [-0.2, -0.15) is 10.2 Å². The van der Waals surface area contributed by atoms with Gasteiger partial charge in [-0.3, -0.25) is 0 Å². The monoisotopic (exact) mass is 858 g/mol. The van der Waals surface area contributed by atoms with Crippen molar-refractivity contribution in [2.24, 2.45) is 0 Å². The smallest absolute Gasteiger partial charge is 1.00 e. The van der Waals surface area contributed by atoms with E-state index in [1.807, 2.05) is 48.5 Å². The van der Waals surface area contributed by atoms with Crippen molar-refractivity contribution in [3.05, 3.63) is 120 Å². The Labute approximate surface area is 345 Å². The molecule has 0 aliphatic heterocycles. The first kappa shape index (κ1) is 42.4. The SMILES string of the molecule is COC(=O)c1c(C)nn(-c2nc3ccccc3s2)c1-c1ccccc1O.COC(=O)c1c(C)nn(-c2nc3ccccc3s2)c1-c1ccccc1O.[Cl-].[Cl-].[Ni+2]. The van der Waals surface area contributed by atoms with E-state index in [-0.39, 0.29) is 52.8 Å². The number of methoxy groups -OCH3 is 2. The molecule has 0 aliphatic carbocycles. The van der Waals surface area contributed by atoms with Crippen LogP contribution >= 0.6 is 22.7 Å². The quantitative estimate of drug-likeness (QED) is 0.187. The zero-order valence-corrected chi connectivity index (χ0v) is 33.5. The van der Waals surface area contributed by atoms with Gasteiger partial charge < -0.3 is 44.5 Å². The van der Waals surface area contributed by atoms with Gasteiger partial charge in [-0.25, -0.2) is 28.9 Å². The van der Waals surface area contributed by atoms with Gasteiger partial charge in [-0.05, 0) is 62.4 Å². The molecule has 55 heavy (non-hydrogen) atoms. The van der Waals surface area contributed by atoms with Crippen LogP contribution in [0.1, 0.15) is 32.1 Å². The van der Waals surface area contributed by atoms with E-state index < -0.39 is 11.9 Å². The molecule has 2 N–H and O–H groups in total. The summed E-state index contributed by atoms with van der Waals surface area (Å²) in [4.78, 5) is 34.0. The number of fused-ring (bicyclic) bond motifs is 2. The third kappa shape index (κ3) is 8.07. The van der Waals surface area contributed by atoms with E-state index in [4.69, 9.17) is 9.47 Å². The topological polar surface area (TPSA) is 154 Å². The number of esters is 2. The molecule has 0 radical (unpaired) electrons. The van der Waals surface area contributed by atoms with Crippen molar-refractivity contribution in [1.82, 2.24) is 29.5 Å². The fraction of sp³-hybridized carbons (Fsp3) is 0.105. The Morgan fingerprint density at radius 3 is 1.27 bits per heavy atom. The first-order chi connectivity index (χ1) is 25.2. The Kier molecular flexibility index (Phi) is 13.8. The van der Waals surface area contributed by atoms with Crippen LogP contribution in [-0.4, -0.2) is 65.9 Å². The standard InChI is InChI=1S/2C19H15N3O3S.2ClH.Ni/c2*1-11-16(18(24)25-2)17(12-7-3-5-9-14(12)23)22(21-11)19-20-13-8-4-6-10-15(13)26-19;;;/h2*3-10,23H,1-2H3;2*1H;/q;;;;+2/p-2. The molecule has 8 rings (SSSR count). The predicted molar refractivity (Wildman–Crippen MR) is 200 cm³/mol.